The molecule has 0 radical (unpaired) electrons. The zero-order chi connectivity index (χ0) is 14.8. The predicted octanol–water partition coefficient (Wildman–Crippen LogP) is 2.20. The summed E-state index contributed by atoms with van der Waals surface area (Å²) in [6, 6.07) is 10.0. The third-order valence-electron chi connectivity index (χ3n) is 3.82. The van der Waals surface area contributed by atoms with Gasteiger partial charge in [0.2, 0.25) is 0 Å². The Morgan fingerprint density at radius 2 is 2.05 bits per heavy atom. The van der Waals surface area contributed by atoms with E-state index in [4.69, 9.17) is 0 Å². The first kappa shape index (κ1) is 13.9. The van der Waals surface area contributed by atoms with E-state index in [0.717, 1.165) is 29.8 Å². The van der Waals surface area contributed by atoms with Crippen LogP contribution in [0, 0.1) is 5.92 Å². The Balaban J connectivity index is 2.08. The minimum Gasteiger partial charge on any atom is -0.386 e. The summed E-state index contributed by atoms with van der Waals surface area (Å²) >= 11 is 0. The molecule has 4 nitrogen and oxygen atoms in total. The highest BCUT2D eigenvalue weighted by molar-refractivity contribution is 6.48. The van der Waals surface area contributed by atoms with Gasteiger partial charge in [-0.1, -0.05) is 44.2 Å². The van der Waals surface area contributed by atoms with E-state index in [9.17, 15) is 4.79 Å². The lowest BCUT2D eigenvalue weighted by molar-refractivity contribution is -0.114. The Bertz CT molecular complexity index is 602. The summed E-state index contributed by atoms with van der Waals surface area (Å²) in [5.41, 5.74) is 3.92. The van der Waals surface area contributed by atoms with Crippen molar-refractivity contribution in [2.45, 2.75) is 26.3 Å². The monoisotopic (exact) mass is 283 g/mol. The smallest absolute Gasteiger partial charge is 0.270 e. The molecule has 3 rings (SSSR count). The SMILES string of the molecule is CC(C)CC1=C2C(=NCCN1)C(=O)NC2c1ccccc1. The van der Waals surface area contributed by atoms with E-state index in [2.05, 4.69) is 41.6 Å². The Labute approximate surface area is 125 Å². The first-order valence-electron chi connectivity index (χ1n) is 7.54. The largest absolute Gasteiger partial charge is 0.386 e. The van der Waals surface area contributed by atoms with Crippen molar-refractivity contribution in [1.29, 1.82) is 0 Å². The van der Waals surface area contributed by atoms with Crippen molar-refractivity contribution in [3.63, 3.8) is 0 Å². The van der Waals surface area contributed by atoms with Gasteiger partial charge in [-0.15, -0.1) is 0 Å². The molecular formula is C17H21N3O. The number of benzene rings is 1. The van der Waals surface area contributed by atoms with Crippen LogP contribution in [-0.4, -0.2) is 24.7 Å². The number of hydrogen-bond acceptors (Lipinski definition) is 3. The van der Waals surface area contributed by atoms with Gasteiger partial charge in [0.1, 0.15) is 5.71 Å². The maximum atomic E-state index is 12.3. The van der Waals surface area contributed by atoms with Crippen molar-refractivity contribution in [3.8, 4) is 0 Å². The first-order chi connectivity index (χ1) is 10.2. The van der Waals surface area contributed by atoms with E-state index in [1.165, 1.54) is 0 Å². The van der Waals surface area contributed by atoms with Gasteiger partial charge in [0.15, 0.2) is 0 Å². The van der Waals surface area contributed by atoms with Crippen molar-refractivity contribution in [2.24, 2.45) is 10.9 Å². The van der Waals surface area contributed by atoms with E-state index < -0.39 is 0 Å². The second-order valence-corrected chi connectivity index (χ2v) is 5.96. The molecule has 110 valence electrons. The predicted molar refractivity (Wildman–Crippen MR) is 84.1 cm³/mol. The maximum absolute atomic E-state index is 12.3. The third kappa shape index (κ3) is 2.71. The number of hydrogen-bond donors (Lipinski definition) is 2. The van der Waals surface area contributed by atoms with Gasteiger partial charge in [-0.05, 0) is 17.9 Å². The average Bonchev–Trinajstić information content (AvgIpc) is 2.66. The van der Waals surface area contributed by atoms with Gasteiger partial charge >= 0.3 is 0 Å². The topological polar surface area (TPSA) is 53.5 Å². The number of carbonyl (C=O) groups excluding carboxylic acids is 1. The van der Waals surface area contributed by atoms with E-state index in [-0.39, 0.29) is 11.9 Å². The number of nitrogens with zero attached hydrogens (tertiary/aromatic N) is 1. The van der Waals surface area contributed by atoms with E-state index in [1.807, 2.05) is 18.2 Å². The van der Waals surface area contributed by atoms with Crippen molar-refractivity contribution < 1.29 is 4.79 Å². The molecule has 1 saturated heterocycles. The van der Waals surface area contributed by atoms with E-state index >= 15 is 0 Å². The molecule has 4 heteroatoms. The molecule has 2 N–H and O–H groups in total. The molecule has 1 atom stereocenters. The van der Waals surface area contributed by atoms with Crippen molar-refractivity contribution in [1.82, 2.24) is 10.6 Å². The van der Waals surface area contributed by atoms with Crippen LogP contribution in [0.2, 0.25) is 0 Å². The van der Waals surface area contributed by atoms with E-state index in [1.54, 1.807) is 0 Å². The van der Waals surface area contributed by atoms with Crippen molar-refractivity contribution in [3.05, 3.63) is 47.2 Å². The number of aliphatic imine (C=N–C) groups is 1. The normalized spacial score (nSPS) is 21.6. The third-order valence-corrected chi connectivity index (χ3v) is 3.82. The van der Waals surface area contributed by atoms with Gasteiger partial charge in [-0.3, -0.25) is 9.79 Å². The maximum Gasteiger partial charge on any atom is 0.270 e. The quantitative estimate of drug-likeness (QED) is 0.893. The van der Waals surface area contributed by atoms with Crippen LogP contribution in [-0.2, 0) is 4.79 Å². The lowest BCUT2D eigenvalue weighted by Gasteiger charge is -2.18. The molecule has 2 aliphatic rings. The zero-order valence-corrected chi connectivity index (χ0v) is 12.5. The second-order valence-electron chi connectivity index (χ2n) is 5.96. The van der Waals surface area contributed by atoms with Crippen LogP contribution in [0.4, 0.5) is 0 Å². The molecule has 2 aliphatic heterocycles. The van der Waals surface area contributed by atoms with Gasteiger partial charge in [-0.25, -0.2) is 0 Å². The fourth-order valence-electron chi connectivity index (χ4n) is 2.96. The van der Waals surface area contributed by atoms with Gasteiger partial charge in [0.25, 0.3) is 5.91 Å². The zero-order valence-electron chi connectivity index (χ0n) is 12.5. The molecule has 1 fully saturated rings. The van der Waals surface area contributed by atoms with Crippen LogP contribution in [0.3, 0.4) is 0 Å². The summed E-state index contributed by atoms with van der Waals surface area (Å²) in [4.78, 5) is 16.8. The molecule has 0 saturated carbocycles. The summed E-state index contributed by atoms with van der Waals surface area (Å²) in [6.07, 6.45) is 0.937. The Kier molecular flexibility index (Phi) is 3.78. The molecule has 1 unspecified atom stereocenters. The van der Waals surface area contributed by atoms with Gasteiger partial charge in [0.05, 0.1) is 12.6 Å². The average molecular weight is 283 g/mol. The Morgan fingerprint density at radius 3 is 2.76 bits per heavy atom. The molecule has 0 bridgehead atoms. The van der Waals surface area contributed by atoms with Crippen LogP contribution in [0.25, 0.3) is 0 Å². The molecule has 21 heavy (non-hydrogen) atoms. The van der Waals surface area contributed by atoms with Gasteiger partial charge in [-0.2, -0.15) is 0 Å². The summed E-state index contributed by atoms with van der Waals surface area (Å²) < 4.78 is 0. The summed E-state index contributed by atoms with van der Waals surface area (Å²) in [6.45, 7) is 5.83. The fraction of sp³-hybridized carbons (Fsp3) is 0.412. The highest BCUT2D eigenvalue weighted by Gasteiger charge is 2.37. The minimum atomic E-state index is -0.0863. The van der Waals surface area contributed by atoms with Crippen LogP contribution >= 0.6 is 0 Å². The number of carbonyl (C=O) groups is 1. The molecule has 1 aromatic rings. The number of allylic oxidation sites excluding steroid dienone is 1. The molecule has 2 heterocycles. The summed E-state index contributed by atoms with van der Waals surface area (Å²) in [7, 11) is 0. The first-order valence-corrected chi connectivity index (χ1v) is 7.54. The van der Waals surface area contributed by atoms with Gasteiger partial charge < -0.3 is 10.6 Å². The highest BCUT2D eigenvalue weighted by Crippen LogP contribution is 2.32. The van der Waals surface area contributed by atoms with Crippen molar-refractivity contribution >= 4 is 11.6 Å². The second kappa shape index (κ2) is 5.72. The molecule has 1 aromatic carbocycles. The molecule has 0 aliphatic carbocycles. The lowest BCUT2D eigenvalue weighted by atomic mass is 9.94. The molecule has 1 amide bonds. The standard InChI is InChI=1S/C17H21N3O/c1-11(2)10-13-14-15(12-6-4-3-5-7-12)20-17(21)16(14)19-9-8-18-13/h3-7,11,15,18H,8-10H2,1-2H3,(H,20,21). The number of amides is 1. The number of fused-ring (bicyclic) bond motifs is 1. The summed E-state index contributed by atoms with van der Waals surface area (Å²) in [5.74, 6) is 0.482. The van der Waals surface area contributed by atoms with Crippen LogP contribution < -0.4 is 10.6 Å². The van der Waals surface area contributed by atoms with Crippen LogP contribution in [0.15, 0.2) is 46.6 Å². The van der Waals surface area contributed by atoms with E-state index in [0.29, 0.717) is 18.2 Å². The Hall–Kier alpha value is -2.10. The molecule has 0 spiro atoms. The molecular weight excluding hydrogens is 262 g/mol. The summed E-state index contributed by atoms with van der Waals surface area (Å²) in [5, 5.41) is 6.55. The van der Waals surface area contributed by atoms with Gasteiger partial charge in [0, 0.05) is 17.8 Å². The number of nitrogens with one attached hydrogen (secondary N) is 2. The minimum absolute atomic E-state index is 0.0520. The molecule has 0 aromatic heterocycles. The fourth-order valence-corrected chi connectivity index (χ4v) is 2.96. The Morgan fingerprint density at radius 1 is 1.29 bits per heavy atom. The highest BCUT2D eigenvalue weighted by atomic mass is 16.2. The lowest BCUT2D eigenvalue weighted by Crippen LogP contribution is -2.23. The van der Waals surface area contributed by atoms with Crippen LogP contribution in [0.5, 0.6) is 0 Å². The van der Waals surface area contributed by atoms with Crippen molar-refractivity contribution in [2.75, 3.05) is 13.1 Å². The number of rotatable bonds is 3. The van der Waals surface area contributed by atoms with Crippen LogP contribution in [0.1, 0.15) is 31.9 Å².